The van der Waals surface area contributed by atoms with Gasteiger partial charge in [-0.1, -0.05) is 19.3 Å². The summed E-state index contributed by atoms with van der Waals surface area (Å²) >= 11 is 3.43. The van der Waals surface area contributed by atoms with Crippen LogP contribution >= 0.6 is 15.9 Å². The number of Topliss-reactive ketones (excluding diaryl/α,β-unsaturated/α-hetero) is 1. The van der Waals surface area contributed by atoms with Gasteiger partial charge in [-0.3, -0.25) is 4.79 Å². The lowest BCUT2D eigenvalue weighted by Crippen LogP contribution is -2.53. The summed E-state index contributed by atoms with van der Waals surface area (Å²) in [5.74, 6) is 0.848. The number of ketones is 1. The summed E-state index contributed by atoms with van der Waals surface area (Å²) in [4.78, 5) is 14.7. The Kier molecular flexibility index (Phi) is 6.62. The number of hydrogen-bond donors (Lipinski definition) is 1. The fraction of sp³-hybridized carbons (Fsp3) is 0.611. The van der Waals surface area contributed by atoms with E-state index < -0.39 is 0 Å². The number of carbonyl (C=O) groups is 1. The Morgan fingerprint density at radius 2 is 2.00 bits per heavy atom. The standard InChI is InChI=1S/C18H27BrN2O2/c1-21(2)18(9-5-4-6-10-18)13-20-12-16(22)14-7-8-17(23-3)15(19)11-14/h7-8,11,20H,4-6,9-10,12-13H2,1-3H3. The first kappa shape index (κ1) is 18.4. The lowest BCUT2D eigenvalue weighted by molar-refractivity contribution is 0.0905. The number of hydrogen-bond acceptors (Lipinski definition) is 4. The smallest absolute Gasteiger partial charge is 0.176 e. The van der Waals surface area contributed by atoms with Crippen LogP contribution in [0.2, 0.25) is 0 Å². The molecule has 0 radical (unpaired) electrons. The zero-order valence-corrected chi connectivity index (χ0v) is 15.9. The molecule has 0 amide bonds. The summed E-state index contributed by atoms with van der Waals surface area (Å²) in [5, 5.41) is 3.39. The zero-order valence-electron chi connectivity index (χ0n) is 14.3. The molecular weight excluding hydrogens is 356 g/mol. The van der Waals surface area contributed by atoms with Gasteiger partial charge in [0.25, 0.3) is 0 Å². The van der Waals surface area contributed by atoms with Crippen molar-refractivity contribution in [3.63, 3.8) is 0 Å². The number of methoxy groups -OCH3 is 1. The predicted molar refractivity (Wildman–Crippen MR) is 97.4 cm³/mol. The topological polar surface area (TPSA) is 41.6 Å². The third-order valence-electron chi connectivity index (χ3n) is 4.95. The summed E-state index contributed by atoms with van der Waals surface area (Å²) in [6.45, 7) is 1.23. The molecule has 0 unspecified atom stereocenters. The van der Waals surface area contributed by atoms with Crippen molar-refractivity contribution in [3.05, 3.63) is 28.2 Å². The van der Waals surface area contributed by atoms with E-state index in [0.717, 1.165) is 16.8 Å². The van der Waals surface area contributed by atoms with Crippen LogP contribution in [0, 0.1) is 0 Å². The molecule has 1 aromatic rings. The summed E-state index contributed by atoms with van der Waals surface area (Å²) in [6.07, 6.45) is 6.29. The van der Waals surface area contributed by atoms with Crippen molar-refractivity contribution in [2.45, 2.75) is 37.6 Å². The third kappa shape index (κ3) is 4.55. The number of nitrogens with one attached hydrogen (secondary N) is 1. The number of nitrogens with zero attached hydrogens (tertiary/aromatic N) is 1. The van der Waals surface area contributed by atoms with Gasteiger partial charge in [-0.25, -0.2) is 0 Å². The SMILES string of the molecule is COc1ccc(C(=O)CNCC2(N(C)C)CCCCC2)cc1Br. The highest BCUT2D eigenvalue weighted by atomic mass is 79.9. The van der Waals surface area contributed by atoms with Crippen LogP contribution in [0.15, 0.2) is 22.7 Å². The molecule has 0 saturated heterocycles. The molecule has 0 bridgehead atoms. The van der Waals surface area contributed by atoms with Crippen LogP contribution in [0.4, 0.5) is 0 Å². The Balaban J connectivity index is 1.92. The van der Waals surface area contributed by atoms with Crippen molar-refractivity contribution in [1.29, 1.82) is 0 Å². The van der Waals surface area contributed by atoms with Crippen molar-refractivity contribution in [2.24, 2.45) is 0 Å². The van der Waals surface area contributed by atoms with Crippen LogP contribution < -0.4 is 10.1 Å². The predicted octanol–water partition coefficient (Wildman–Crippen LogP) is 3.49. The van der Waals surface area contributed by atoms with Crippen LogP contribution in [-0.2, 0) is 0 Å². The van der Waals surface area contributed by atoms with E-state index in [-0.39, 0.29) is 11.3 Å². The van der Waals surface area contributed by atoms with E-state index >= 15 is 0 Å². The van der Waals surface area contributed by atoms with Gasteiger partial charge in [0.15, 0.2) is 5.78 Å². The molecular formula is C18H27BrN2O2. The monoisotopic (exact) mass is 382 g/mol. The molecule has 2 rings (SSSR count). The summed E-state index contributed by atoms with van der Waals surface area (Å²) in [7, 11) is 5.92. The number of ether oxygens (including phenoxy) is 1. The summed E-state index contributed by atoms with van der Waals surface area (Å²) < 4.78 is 6.01. The van der Waals surface area contributed by atoms with Gasteiger partial charge < -0.3 is 15.0 Å². The fourth-order valence-electron chi connectivity index (χ4n) is 3.34. The molecule has 0 spiro atoms. The van der Waals surface area contributed by atoms with E-state index in [1.54, 1.807) is 7.11 Å². The quantitative estimate of drug-likeness (QED) is 0.732. The number of benzene rings is 1. The van der Waals surface area contributed by atoms with Gasteiger partial charge in [0.1, 0.15) is 5.75 Å². The number of halogens is 1. The fourth-order valence-corrected chi connectivity index (χ4v) is 3.88. The highest BCUT2D eigenvalue weighted by molar-refractivity contribution is 9.10. The highest BCUT2D eigenvalue weighted by Crippen LogP contribution is 2.31. The molecule has 23 heavy (non-hydrogen) atoms. The van der Waals surface area contributed by atoms with Gasteiger partial charge in [-0.2, -0.15) is 0 Å². The summed E-state index contributed by atoms with van der Waals surface area (Å²) in [6, 6.07) is 5.46. The highest BCUT2D eigenvalue weighted by Gasteiger charge is 2.33. The average Bonchev–Trinajstić information content (AvgIpc) is 2.55. The van der Waals surface area contributed by atoms with Crippen LogP contribution in [0.25, 0.3) is 0 Å². The van der Waals surface area contributed by atoms with Gasteiger partial charge in [-0.15, -0.1) is 0 Å². The molecule has 5 heteroatoms. The van der Waals surface area contributed by atoms with Crippen molar-refractivity contribution < 1.29 is 9.53 Å². The number of rotatable bonds is 7. The van der Waals surface area contributed by atoms with Crippen molar-refractivity contribution in [1.82, 2.24) is 10.2 Å². The molecule has 1 aromatic carbocycles. The second-order valence-corrected chi connectivity index (χ2v) is 7.41. The Morgan fingerprint density at radius 3 is 2.57 bits per heavy atom. The Hall–Kier alpha value is -0.910. The molecule has 4 nitrogen and oxygen atoms in total. The van der Waals surface area contributed by atoms with Crippen LogP contribution in [0.3, 0.4) is 0 Å². The van der Waals surface area contributed by atoms with Crippen LogP contribution in [0.1, 0.15) is 42.5 Å². The van der Waals surface area contributed by atoms with Crippen molar-refractivity contribution in [3.8, 4) is 5.75 Å². The maximum absolute atomic E-state index is 12.4. The lowest BCUT2D eigenvalue weighted by atomic mass is 9.80. The largest absolute Gasteiger partial charge is 0.496 e. The lowest BCUT2D eigenvalue weighted by Gasteiger charge is -2.43. The van der Waals surface area contributed by atoms with E-state index in [9.17, 15) is 4.79 Å². The third-order valence-corrected chi connectivity index (χ3v) is 5.57. The molecule has 1 N–H and O–H groups in total. The Morgan fingerprint density at radius 1 is 1.30 bits per heavy atom. The molecule has 0 heterocycles. The van der Waals surface area contributed by atoms with E-state index in [4.69, 9.17) is 4.74 Å². The molecule has 1 aliphatic carbocycles. The number of carbonyl (C=O) groups excluding carboxylic acids is 1. The van der Waals surface area contributed by atoms with Crippen LogP contribution in [0.5, 0.6) is 5.75 Å². The first-order valence-electron chi connectivity index (χ1n) is 8.23. The molecule has 1 fully saturated rings. The maximum atomic E-state index is 12.4. The van der Waals surface area contributed by atoms with Crippen molar-refractivity contribution in [2.75, 3.05) is 34.3 Å². The van der Waals surface area contributed by atoms with Gasteiger partial charge in [-0.05, 0) is 61.1 Å². The van der Waals surface area contributed by atoms with E-state index in [1.165, 1.54) is 32.1 Å². The first-order valence-corrected chi connectivity index (χ1v) is 9.03. The molecule has 1 aliphatic rings. The molecule has 0 aromatic heterocycles. The molecule has 1 saturated carbocycles. The van der Waals surface area contributed by atoms with Gasteiger partial charge >= 0.3 is 0 Å². The molecule has 128 valence electrons. The molecule has 0 aliphatic heterocycles. The number of likely N-dealkylation sites (N-methyl/N-ethyl adjacent to an activating group) is 1. The van der Waals surface area contributed by atoms with E-state index in [2.05, 4.69) is 40.2 Å². The maximum Gasteiger partial charge on any atom is 0.176 e. The first-order chi connectivity index (χ1) is 11.0. The Labute approximate surface area is 147 Å². The average molecular weight is 383 g/mol. The second-order valence-electron chi connectivity index (χ2n) is 6.56. The van der Waals surface area contributed by atoms with Crippen LogP contribution in [-0.4, -0.2) is 50.5 Å². The minimum absolute atomic E-state index is 0.109. The normalized spacial score (nSPS) is 17.3. The zero-order chi connectivity index (χ0) is 16.9. The second kappa shape index (κ2) is 8.27. The van der Waals surface area contributed by atoms with E-state index in [1.807, 2.05) is 18.2 Å². The van der Waals surface area contributed by atoms with Gasteiger partial charge in [0.2, 0.25) is 0 Å². The van der Waals surface area contributed by atoms with E-state index in [0.29, 0.717) is 12.1 Å². The van der Waals surface area contributed by atoms with Gasteiger partial charge in [0, 0.05) is 17.6 Å². The molecule has 0 atom stereocenters. The Bertz CT molecular complexity index is 540. The minimum Gasteiger partial charge on any atom is -0.496 e. The summed E-state index contributed by atoms with van der Waals surface area (Å²) in [5.41, 5.74) is 0.895. The van der Waals surface area contributed by atoms with Crippen molar-refractivity contribution >= 4 is 21.7 Å². The minimum atomic E-state index is 0.109. The van der Waals surface area contributed by atoms with Gasteiger partial charge in [0.05, 0.1) is 18.1 Å².